The fourth-order valence-electron chi connectivity index (χ4n) is 1.68. The van der Waals surface area contributed by atoms with E-state index in [1.54, 1.807) is 6.26 Å². The highest BCUT2D eigenvalue weighted by molar-refractivity contribution is 7.98. The molecule has 0 fully saturated rings. The summed E-state index contributed by atoms with van der Waals surface area (Å²) < 4.78 is 38.8. The first-order valence-electron chi connectivity index (χ1n) is 5.87. The molecular formula is C12H15F3N2O3S. The minimum Gasteiger partial charge on any atom is -0.387 e. The van der Waals surface area contributed by atoms with Crippen LogP contribution in [0.3, 0.4) is 0 Å². The van der Waals surface area contributed by atoms with E-state index < -0.39 is 28.0 Å². The first-order chi connectivity index (χ1) is 9.57. The fraction of sp³-hybridized carbons (Fsp3) is 0.500. The Hall–Kier alpha value is -1.48. The predicted molar refractivity (Wildman–Crippen MR) is 75.6 cm³/mol. The van der Waals surface area contributed by atoms with E-state index in [2.05, 4.69) is 5.32 Å². The van der Waals surface area contributed by atoms with E-state index in [4.69, 9.17) is 0 Å². The van der Waals surface area contributed by atoms with Crippen LogP contribution in [0.1, 0.15) is 12.5 Å². The molecule has 0 aromatic heterocycles. The van der Waals surface area contributed by atoms with E-state index in [0.717, 1.165) is 12.1 Å². The zero-order valence-electron chi connectivity index (χ0n) is 11.4. The van der Waals surface area contributed by atoms with Gasteiger partial charge >= 0.3 is 6.18 Å². The molecule has 1 rings (SSSR count). The summed E-state index contributed by atoms with van der Waals surface area (Å²) in [5.41, 5.74) is -3.25. The van der Waals surface area contributed by atoms with Crippen LogP contribution in [0.25, 0.3) is 0 Å². The van der Waals surface area contributed by atoms with E-state index in [0.29, 0.717) is 11.8 Å². The van der Waals surface area contributed by atoms with Gasteiger partial charge in [0.2, 0.25) is 0 Å². The normalized spacial score (nSPS) is 14.6. The van der Waals surface area contributed by atoms with Crippen molar-refractivity contribution in [1.29, 1.82) is 0 Å². The van der Waals surface area contributed by atoms with Gasteiger partial charge in [-0.15, -0.1) is 0 Å². The van der Waals surface area contributed by atoms with Crippen molar-refractivity contribution < 1.29 is 23.2 Å². The van der Waals surface area contributed by atoms with E-state index in [-0.39, 0.29) is 12.2 Å². The Balaban J connectivity index is 3.04. The Morgan fingerprint density at radius 3 is 2.52 bits per heavy atom. The third-order valence-electron chi connectivity index (χ3n) is 2.63. The average Bonchev–Trinajstić information content (AvgIpc) is 2.35. The predicted octanol–water partition coefficient (Wildman–Crippen LogP) is 3.14. The lowest BCUT2D eigenvalue weighted by atomic mass is 10.1. The molecule has 5 nitrogen and oxygen atoms in total. The maximum Gasteiger partial charge on any atom is 0.418 e. The van der Waals surface area contributed by atoms with Crippen molar-refractivity contribution in [3.05, 3.63) is 33.9 Å². The second-order valence-corrected chi connectivity index (χ2v) is 5.63. The van der Waals surface area contributed by atoms with Crippen LogP contribution in [-0.2, 0) is 6.18 Å². The van der Waals surface area contributed by atoms with E-state index >= 15 is 0 Å². The number of nitro groups is 1. The van der Waals surface area contributed by atoms with Crippen LogP contribution in [0.2, 0.25) is 0 Å². The molecule has 1 aromatic rings. The van der Waals surface area contributed by atoms with Gasteiger partial charge in [-0.2, -0.15) is 24.9 Å². The molecule has 2 N–H and O–H groups in total. The van der Waals surface area contributed by atoms with Crippen LogP contribution < -0.4 is 5.32 Å². The van der Waals surface area contributed by atoms with Crippen LogP contribution in [0.4, 0.5) is 24.5 Å². The molecule has 0 bridgehead atoms. The molecule has 0 saturated heterocycles. The molecule has 9 heteroatoms. The van der Waals surface area contributed by atoms with Crippen molar-refractivity contribution in [3.63, 3.8) is 0 Å². The molecule has 0 heterocycles. The quantitative estimate of drug-likeness (QED) is 0.621. The average molecular weight is 324 g/mol. The van der Waals surface area contributed by atoms with Crippen molar-refractivity contribution in [3.8, 4) is 0 Å². The van der Waals surface area contributed by atoms with Crippen molar-refractivity contribution in [2.75, 3.05) is 23.9 Å². The second kappa shape index (κ2) is 6.52. The van der Waals surface area contributed by atoms with Crippen LogP contribution in [0, 0.1) is 10.1 Å². The zero-order chi connectivity index (χ0) is 16.3. The molecule has 21 heavy (non-hydrogen) atoms. The van der Waals surface area contributed by atoms with E-state index in [1.807, 2.05) is 0 Å². The topological polar surface area (TPSA) is 75.4 Å². The van der Waals surface area contributed by atoms with Gasteiger partial charge in [-0.3, -0.25) is 10.1 Å². The van der Waals surface area contributed by atoms with E-state index in [1.165, 1.54) is 18.7 Å². The number of anilines is 1. The van der Waals surface area contributed by atoms with Crippen LogP contribution >= 0.6 is 11.8 Å². The summed E-state index contributed by atoms with van der Waals surface area (Å²) in [6.45, 7) is 1.39. The molecule has 0 aliphatic carbocycles. The number of nitrogens with one attached hydrogen (secondary N) is 1. The Morgan fingerprint density at radius 2 is 2.05 bits per heavy atom. The molecule has 0 saturated carbocycles. The van der Waals surface area contributed by atoms with Crippen molar-refractivity contribution in [2.45, 2.75) is 18.7 Å². The number of alkyl halides is 3. The maximum atomic E-state index is 12.9. The van der Waals surface area contributed by atoms with Gasteiger partial charge in [-0.25, -0.2) is 0 Å². The van der Waals surface area contributed by atoms with Gasteiger partial charge in [0.1, 0.15) is 0 Å². The molecule has 0 aliphatic heterocycles. The lowest BCUT2D eigenvalue weighted by Gasteiger charge is -2.24. The number of aliphatic hydroxyl groups is 1. The highest BCUT2D eigenvalue weighted by Crippen LogP contribution is 2.37. The summed E-state index contributed by atoms with van der Waals surface area (Å²) in [7, 11) is 0. The van der Waals surface area contributed by atoms with Gasteiger partial charge in [0.15, 0.2) is 0 Å². The third kappa shape index (κ3) is 5.09. The van der Waals surface area contributed by atoms with Crippen molar-refractivity contribution >= 4 is 23.1 Å². The number of non-ortho nitro benzene ring substituents is 1. The summed E-state index contributed by atoms with van der Waals surface area (Å²) in [5, 5.41) is 23.0. The van der Waals surface area contributed by atoms with Gasteiger partial charge in [0.05, 0.1) is 16.1 Å². The number of hydrogen-bond acceptors (Lipinski definition) is 5. The number of nitrogens with zero attached hydrogens (tertiary/aromatic N) is 1. The number of rotatable bonds is 6. The van der Waals surface area contributed by atoms with Crippen LogP contribution in [-0.4, -0.2) is 34.2 Å². The smallest absolute Gasteiger partial charge is 0.387 e. The summed E-state index contributed by atoms with van der Waals surface area (Å²) in [5.74, 6) is 0.342. The van der Waals surface area contributed by atoms with Crippen LogP contribution in [0.15, 0.2) is 18.2 Å². The van der Waals surface area contributed by atoms with Gasteiger partial charge in [0.25, 0.3) is 5.69 Å². The molecule has 1 atom stereocenters. The second-order valence-electron chi connectivity index (χ2n) is 4.77. The summed E-state index contributed by atoms with van der Waals surface area (Å²) in [6, 6.07) is 2.46. The van der Waals surface area contributed by atoms with Gasteiger partial charge in [-0.05, 0) is 19.2 Å². The molecule has 118 valence electrons. The van der Waals surface area contributed by atoms with Crippen molar-refractivity contribution in [1.82, 2.24) is 0 Å². The molecule has 0 amide bonds. The zero-order valence-corrected chi connectivity index (χ0v) is 12.2. The maximum absolute atomic E-state index is 12.9. The number of halogens is 3. The monoisotopic (exact) mass is 324 g/mol. The first-order valence-corrected chi connectivity index (χ1v) is 7.27. The standard InChI is InChI=1S/C12H15F3N2O3S/c1-11(18,7-21-2)6-16-10-4-3-8(17(19)20)5-9(10)12(13,14)15/h3-5,16,18H,6-7H2,1-2H3. The summed E-state index contributed by atoms with van der Waals surface area (Å²) in [6.07, 6.45) is -2.96. The first kappa shape index (κ1) is 17.6. The molecule has 0 aliphatic rings. The molecule has 0 spiro atoms. The Kier molecular flexibility index (Phi) is 5.46. The Labute approximate surface area is 123 Å². The lowest BCUT2D eigenvalue weighted by Crippen LogP contribution is -2.36. The van der Waals surface area contributed by atoms with Gasteiger partial charge in [-0.1, -0.05) is 0 Å². The molecule has 1 aromatic carbocycles. The Morgan fingerprint density at radius 1 is 1.43 bits per heavy atom. The van der Waals surface area contributed by atoms with Gasteiger partial charge < -0.3 is 10.4 Å². The SMILES string of the molecule is CSCC(C)(O)CNc1ccc([N+](=O)[O-])cc1C(F)(F)F. The summed E-state index contributed by atoms with van der Waals surface area (Å²) >= 11 is 1.36. The Bertz CT molecular complexity index is 521. The third-order valence-corrected chi connectivity index (χ3v) is 3.54. The minimum absolute atomic E-state index is 0.102. The molecule has 0 radical (unpaired) electrons. The number of benzene rings is 1. The minimum atomic E-state index is -4.72. The lowest BCUT2D eigenvalue weighted by molar-refractivity contribution is -0.385. The summed E-state index contributed by atoms with van der Waals surface area (Å²) in [4.78, 5) is 9.68. The number of nitro benzene ring substituents is 1. The molecule has 1 unspecified atom stereocenters. The highest BCUT2D eigenvalue weighted by atomic mass is 32.2. The fourth-order valence-corrected chi connectivity index (χ4v) is 2.41. The van der Waals surface area contributed by atoms with E-state index in [9.17, 15) is 28.4 Å². The largest absolute Gasteiger partial charge is 0.418 e. The number of thioether (sulfide) groups is 1. The van der Waals surface area contributed by atoms with Gasteiger partial charge in [0, 0.05) is 30.1 Å². The highest BCUT2D eigenvalue weighted by Gasteiger charge is 2.35. The van der Waals surface area contributed by atoms with Crippen LogP contribution in [0.5, 0.6) is 0 Å². The number of hydrogen-bond donors (Lipinski definition) is 2. The van der Waals surface area contributed by atoms with Crippen molar-refractivity contribution in [2.24, 2.45) is 0 Å². The molecular weight excluding hydrogens is 309 g/mol.